The van der Waals surface area contributed by atoms with Crippen LogP contribution in [0.15, 0.2) is 23.8 Å². The molecule has 1 aliphatic carbocycles. The first-order chi connectivity index (χ1) is 13.3. The van der Waals surface area contributed by atoms with Crippen molar-refractivity contribution in [1.29, 1.82) is 0 Å². The van der Waals surface area contributed by atoms with Crippen LogP contribution in [0.2, 0.25) is 0 Å². The van der Waals surface area contributed by atoms with Crippen molar-refractivity contribution < 1.29 is 14.3 Å². The second-order valence-electron chi connectivity index (χ2n) is 9.15. The summed E-state index contributed by atoms with van der Waals surface area (Å²) >= 11 is 0. The zero-order valence-electron chi connectivity index (χ0n) is 18.3. The highest BCUT2D eigenvalue weighted by Gasteiger charge is 2.45. The summed E-state index contributed by atoms with van der Waals surface area (Å²) in [7, 11) is 0. The maximum absolute atomic E-state index is 11.8. The monoisotopic (exact) mass is 384 g/mol. The third-order valence-electron chi connectivity index (χ3n) is 6.33. The molecule has 3 rings (SSSR count). The number of rotatable bonds is 7. The number of carbonyl (C=O) groups is 1. The molecule has 0 fully saturated rings. The zero-order valence-corrected chi connectivity index (χ0v) is 18.3. The Kier molecular flexibility index (Phi) is 6.52. The van der Waals surface area contributed by atoms with Crippen molar-refractivity contribution >= 4 is 5.97 Å². The molecular formula is C25H36O3. The molecule has 28 heavy (non-hydrogen) atoms. The molecular weight excluding hydrogens is 348 g/mol. The molecule has 3 nitrogen and oxygen atoms in total. The smallest absolute Gasteiger partial charge is 0.308 e. The summed E-state index contributed by atoms with van der Waals surface area (Å²) in [6.07, 6.45) is 11.8. The standard InChI is InChI=1S/C25H36O3/c1-6-7-8-9-10-11-19-15-22(27-18(3)26)24-20-14-17(2)12-13-21(20)25(4,5)28-23(24)16-19/h14-16,20-21H,6-13H2,1-5H3/t20-,21-/m1/s1. The molecule has 1 aliphatic heterocycles. The van der Waals surface area contributed by atoms with Crippen LogP contribution >= 0.6 is 0 Å². The minimum absolute atomic E-state index is 0.220. The molecule has 1 aromatic carbocycles. The van der Waals surface area contributed by atoms with Gasteiger partial charge in [-0.25, -0.2) is 0 Å². The zero-order chi connectivity index (χ0) is 20.3. The van der Waals surface area contributed by atoms with Crippen LogP contribution in [-0.2, 0) is 11.2 Å². The van der Waals surface area contributed by atoms with Gasteiger partial charge in [0.05, 0.1) is 0 Å². The van der Waals surface area contributed by atoms with Gasteiger partial charge in [0.1, 0.15) is 17.1 Å². The highest BCUT2D eigenvalue weighted by molar-refractivity contribution is 5.71. The number of ether oxygens (including phenoxy) is 2. The van der Waals surface area contributed by atoms with Crippen molar-refractivity contribution in [3.63, 3.8) is 0 Å². The average molecular weight is 385 g/mol. The minimum Gasteiger partial charge on any atom is -0.487 e. The number of carbonyl (C=O) groups excluding carboxylic acids is 1. The normalized spacial score (nSPS) is 22.5. The van der Waals surface area contributed by atoms with Gasteiger partial charge in [0.15, 0.2) is 0 Å². The predicted molar refractivity (Wildman–Crippen MR) is 114 cm³/mol. The van der Waals surface area contributed by atoms with Crippen molar-refractivity contribution in [2.24, 2.45) is 5.92 Å². The Hall–Kier alpha value is -1.77. The van der Waals surface area contributed by atoms with Crippen LogP contribution in [0.4, 0.5) is 0 Å². The maximum Gasteiger partial charge on any atom is 0.308 e. The van der Waals surface area contributed by atoms with E-state index in [4.69, 9.17) is 9.47 Å². The minimum atomic E-state index is -0.264. The van der Waals surface area contributed by atoms with Crippen LogP contribution in [-0.4, -0.2) is 11.6 Å². The Balaban J connectivity index is 1.95. The molecule has 2 aliphatic rings. The van der Waals surface area contributed by atoms with E-state index in [0.29, 0.717) is 11.7 Å². The predicted octanol–water partition coefficient (Wildman–Crippen LogP) is 6.74. The lowest BCUT2D eigenvalue weighted by atomic mass is 9.68. The van der Waals surface area contributed by atoms with Gasteiger partial charge in [0, 0.05) is 24.3 Å². The van der Waals surface area contributed by atoms with E-state index >= 15 is 0 Å². The Labute approximate surface area is 170 Å². The van der Waals surface area contributed by atoms with E-state index in [1.165, 1.54) is 43.7 Å². The lowest BCUT2D eigenvalue weighted by Crippen LogP contribution is -2.45. The number of unbranched alkanes of at least 4 members (excludes halogenated alkanes) is 4. The number of hydrogen-bond acceptors (Lipinski definition) is 3. The van der Waals surface area contributed by atoms with Crippen LogP contribution < -0.4 is 9.47 Å². The van der Waals surface area contributed by atoms with E-state index in [1.807, 2.05) is 0 Å². The fourth-order valence-corrected chi connectivity index (χ4v) is 4.88. The molecule has 3 heteroatoms. The Bertz CT molecular complexity index is 744. The van der Waals surface area contributed by atoms with E-state index in [9.17, 15) is 4.79 Å². The lowest BCUT2D eigenvalue weighted by molar-refractivity contribution is -0.132. The van der Waals surface area contributed by atoms with Gasteiger partial charge in [0.25, 0.3) is 0 Å². The van der Waals surface area contributed by atoms with Crippen LogP contribution in [0, 0.1) is 5.92 Å². The van der Waals surface area contributed by atoms with E-state index in [-0.39, 0.29) is 17.5 Å². The second kappa shape index (κ2) is 8.71. The van der Waals surface area contributed by atoms with Crippen molar-refractivity contribution in [3.8, 4) is 11.5 Å². The van der Waals surface area contributed by atoms with E-state index in [1.54, 1.807) is 0 Å². The average Bonchev–Trinajstić information content (AvgIpc) is 2.59. The third-order valence-corrected chi connectivity index (χ3v) is 6.33. The van der Waals surface area contributed by atoms with Crippen LogP contribution in [0.1, 0.15) is 96.6 Å². The van der Waals surface area contributed by atoms with Crippen LogP contribution in [0.3, 0.4) is 0 Å². The number of esters is 1. The SMILES string of the molecule is CCCCCCCc1cc(OC(C)=O)c2c(c1)OC(C)(C)[C@@H]1CCC(C)=C[C@@H]21. The van der Waals surface area contributed by atoms with Gasteiger partial charge in [-0.1, -0.05) is 44.3 Å². The molecule has 0 radical (unpaired) electrons. The first kappa shape index (κ1) is 21.0. The number of fused-ring (bicyclic) bond motifs is 3. The highest BCUT2D eigenvalue weighted by Crippen LogP contribution is 2.53. The number of hydrogen-bond donors (Lipinski definition) is 0. The lowest BCUT2D eigenvalue weighted by Gasteiger charge is -2.46. The molecule has 0 bridgehead atoms. The summed E-state index contributed by atoms with van der Waals surface area (Å²) in [5.74, 6) is 1.99. The number of allylic oxidation sites excluding steroid dienone is 2. The van der Waals surface area contributed by atoms with Gasteiger partial charge >= 0.3 is 5.97 Å². The second-order valence-corrected chi connectivity index (χ2v) is 9.15. The molecule has 0 saturated carbocycles. The third kappa shape index (κ3) is 4.61. The van der Waals surface area contributed by atoms with E-state index in [2.05, 4.69) is 45.9 Å². The molecule has 2 atom stereocenters. The van der Waals surface area contributed by atoms with Gasteiger partial charge in [0.2, 0.25) is 0 Å². The van der Waals surface area contributed by atoms with E-state index in [0.717, 1.165) is 37.0 Å². The van der Waals surface area contributed by atoms with E-state index < -0.39 is 0 Å². The Morgan fingerprint density at radius 1 is 1.21 bits per heavy atom. The molecule has 0 saturated heterocycles. The summed E-state index contributed by atoms with van der Waals surface area (Å²) in [6.45, 7) is 10.3. The first-order valence-electron chi connectivity index (χ1n) is 11.0. The van der Waals surface area contributed by atoms with Crippen molar-refractivity contribution in [2.75, 3.05) is 0 Å². The van der Waals surface area contributed by atoms with Gasteiger partial charge < -0.3 is 9.47 Å². The Morgan fingerprint density at radius 3 is 2.68 bits per heavy atom. The summed E-state index contributed by atoms with van der Waals surface area (Å²) < 4.78 is 12.2. The van der Waals surface area contributed by atoms with Crippen molar-refractivity contribution in [2.45, 2.75) is 97.5 Å². The van der Waals surface area contributed by atoms with Gasteiger partial charge in [-0.2, -0.15) is 0 Å². The van der Waals surface area contributed by atoms with Gasteiger partial charge in [-0.15, -0.1) is 0 Å². The molecule has 1 heterocycles. The molecule has 0 aromatic heterocycles. The molecule has 1 aromatic rings. The van der Waals surface area contributed by atoms with Gasteiger partial charge in [-0.3, -0.25) is 4.79 Å². The van der Waals surface area contributed by atoms with Crippen LogP contribution in [0.25, 0.3) is 0 Å². The molecule has 0 amide bonds. The topological polar surface area (TPSA) is 35.5 Å². The molecule has 154 valence electrons. The first-order valence-corrected chi connectivity index (χ1v) is 11.0. The summed E-state index contributed by atoms with van der Waals surface area (Å²) in [5, 5.41) is 0. The summed E-state index contributed by atoms with van der Waals surface area (Å²) in [4.78, 5) is 11.8. The fraction of sp³-hybridized carbons (Fsp3) is 0.640. The highest BCUT2D eigenvalue weighted by atomic mass is 16.5. The molecule has 0 N–H and O–H groups in total. The quantitative estimate of drug-likeness (QED) is 0.226. The summed E-state index contributed by atoms with van der Waals surface area (Å²) in [5.41, 5.74) is 3.46. The number of aryl methyl sites for hydroxylation is 1. The Morgan fingerprint density at radius 2 is 1.96 bits per heavy atom. The number of benzene rings is 1. The largest absolute Gasteiger partial charge is 0.487 e. The molecule has 0 spiro atoms. The van der Waals surface area contributed by atoms with Crippen LogP contribution in [0.5, 0.6) is 11.5 Å². The summed E-state index contributed by atoms with van der Waals surface area (Å²) in [6, 6.07) is 4.27. The maximum atomic E-state index is 11.8. The molecule has 0 unspecified atom stereocenters. The van der Waals surface area contributed by atoms with Crippen molar-refractivity contribution in [3.05, 3.63) is 34.9 Å². The van der Waals surface area contributed by atoms with Crippen molar-refractivity contribution in [1.82, 2.24) is 0 Å². The fourth-order valence-electron chi connectivity index (χ4n) is 4.88. The van der Waals surface area contributed by atoms with Gasteiger partial charge in [-0.05, 0) is 64.2 Å².